The summed E-state index contributed by atoms with van der Waals surface area (Å²) >= 11 is 0. The average molecular weight is 415 g/mol. The highest BCUT2D eigenvalue weighted by atomic mass is 19.3. The minimum absolute atomic E-state index is 0.0149. The molecular weight excluding hydrogens is 392 g/mol. The molecule has 1 atom stereocenters. The Hall–Kier alpha value is -3.42. The van der Waals surface area contributed by atoms with E-state index in [-0.39, 0.29) is 17.6 Å². The van der Waals surface area contributed by atoms with E-state index in [0.29, 0.717) is 23.5 Å². The second-order valence-corrected chi connectivity index (χ2v) is 6.75. The number of rotatable bonds is 9. The first-order valence-corrected chi connectivity index (χ1v) is 9.41. The molecule has 1 unspecified atom stereocenters. The number of guanidine groups is 1. The fourth-order valence-corrected chi connectivity index (χ4v) is 3.29. The SMILES string of the molecule is C=CCCCOc1cccc(C2(c3ccc(OC(F)F)cc3)N=C(N)N(C)C2=O)c1. The lowest BCUT2D eigenvalue weighted by Crippen LogP contribution is -2.41. The summed E-state index contributed by atoms with van der Waals surface area (Å²) in [5.74, 6) is 0.278. The van der Waals surface area contributed by atoms with Crippen molar-refractivity contribution in [3.63, 3.8) is 0 Å². The van der Waals surface area contributed by atoms with E-state index in [1.165, 1.54) is 36.2 Å². The van der Waals surface area contributed by atoms with Crippen molar-refractivity contribution in [2.45, 2.75) is 25.0 Å². The van der Waals surface area contributed by atoms with E-state index in [9.17, 15) is 13.6 Å². The van der Waals surface area contributed by atoms with Crippen molar-refractivity contribution in [3.8, 4) is 11.5 Å². The predicted molar refractivity (Wildman–Crippen MR) is 110 cm³/mol. The molecule has 0 spiro atoms. The number of nitrogens with two attached hydrogens (primary N) is 1. The van der Waals surface area contributed by atoms with Crippen LogP contribution in [0, 0.1) is 0 Å². The number of hydrogen-bond acceptors (Lipinski definition) is 5. The number of amides is 1. The van der Waals surface area contributed by atoms with Gasteiger partial charge in [-0.3, -0.25) is 9.69 Å². The molecule has 2 aromatic carbocycles. The highest BCUT2D eigenvalue weighted by molar-refractivity contribution is 6.08. The molecule has 3 rings (SSSR count). The minimum Gasteiger partial charge on any atom is -0.494 e. The van der Waals surface area contributed by atoms with Gasteiger partial charge in [0.25, 0.3) is 5.91 Å². The molecule has 0 radical (unpaired) electrons. The maximum atomic E-state index is 13.2. The lowest BCUT2D eigenvalue weighted by atomic mass is 9.82. The van der Waals surface area contributed by atoms with Crippen molar-refractivity contribution >= 4 is 11.9 Å². The van der Waals surface area contributed by atoms with Gasteiger partial charge in [0.05, 0.1) is 6.61 Å². The first kappa shape index (κ1) is 21.3. The summed E-state index contributed by atoms with van der Waals surface area (Å²) in [6, 6.07) is 12.9. The Morgan fingerprint density at radius 3 is 2.53 bits per heavy atom. The van der Waals surface area contributed by atoms with Gasteiger partial charge in [-0.25, -0.2) is 4.99 Å². The largest absolute Gasteiger partial charge is 0.494 e. The number of halogens is 2. The van der Waals surface area contributed by atoms with Crippen molar-refractivity contribution in [3.05, 3.63) is 72.3 Å². The van der Waals surface area contributed by atoms with Crippen LogP contribution in [0.3, 0.4) is 0 Å². The quantitative estimate of drug-likeness (QED) is 0.501. The van der Waals surface area contributed by atoms with Gasteiger partial charge in [0, 0.05) is 7.05 Å². The number of unbranched alkanes of at least 4 members (excludes halogenated alkanes) is 1. The number of allylic oxidation sites excluding steroid dienone is 1. The molecule has 0 fully saturated rings. The fraction of sp³-hybridized carbons (Fsp3) is 0.273. The van der Waals surface area contributed by atoms with Gasteiger partial charge >= 0.3 is 6.61 Å². The Labute approximate surface area is 173 Å². The number of ether oxygens (including phenoxy) is 2. The van der Waals surface area contributed by atoms with Crippen molar-refractivity contribution < 1.29 is 23.0 Å². The predicted octanol–water partition coefficient (Wildman–Crippen LogP) is 3.66. The van der Waals surface area contributed by atoms with Crippen LogP contribution in [0.5, 0.6) is 11.5 Å². The Bertz CT molecular complexity index is 947. The molecule has 8 heteroatoms. The monoisotopic (exact) mass is 415 g/mol. The molecule has 0 aliphatic carbocycles. The van der Waals surface area contributed by atoms with Gasteiger partial charge in [0.2, 0.25) is 0 Å². The molecule has 1 aliphatic heterocycles. The summed E-state index contributed by atoms with van der Waals surface area (Å²) in [4.78, 5) is 19.0. The second kappa shape index (κ2) is 8.94. The summed E-state index contributed by atoms with van der Waals surface area (Å²) in [5.41, 5.74) is 5.55. The van der Waals surface area contributed by atoms with Crippen molar-refractivity contribution in [1.82, 2.24) is 4.90 Å². The van der Waals surface area contributed by atoms with E-state index < -0.39 is 12.2 Å². The van der Waals surface area contributed by atoms with Crippen LogP contribution in [-0.2, 0) is 10.3 Å². The normalized spacial score (nSPS) is 18.5. The summed E-state index contributed by atoms with van der Waals surface area (Å²) in [6.07, 6.45) is 3.47. The zero-order valence-electron chi connectivity index (χ0n) is 16.6. The highest BCUT2D eigenvalue weighted by Gasteiger charge is 2.49. The van der Waals surface area contributed by atoms with Crippen LogP contribution in [0.1, 0.15) is 24.0 Å². The average Bonchev–Trinajstić information content (AvgIpc) is 2.96. The lowest BCUT2D eigenvalue weighted by molar-refractivity contribution is -0.129. The second-order valence-electron chi connectivity index (χ2n) is 6.75. The lowest BCUT2D eigenvalue weighted by Gasteiger charge is -2.26. The summed E-state index contributed by atoms with van der Waals surface area (Å²) in [6.45, 7) is 1.25. The zero-order chi connectivity index (χ0) is 21.7. The van der Waals surface area contributed by atoms with Gasteiger partial charge < -0.3 is 15.2 Å². The van der Waals surface area contributed by atoms with Crippen LogP contribution in [0.25, 0.3) is 0 Å². The number of carbonyl (C=O) groups is 1. The number of likely N-dealkylation sites (N-methyl/N-ethyl adjacent to an activating group) is 1. The molecule has 0 saturated carbocycles. The van der Waals surface area contributed by atoms with Crippen molar-refractivity contribution in [2.75, 3.05) is 13.7 Å². The topological polar surface area (TPSA) is 77.2 Å². The molecule has 0 saturated heterocycles. The Balaban J connectivity index is 2.01. The summed E-state index contributed by atoms with van der Waals surface area (Å²) in [7, 11) is 1.53. The third-order valence-corrected chi connectivity index (χ3v) is 4.81. The number of nitrogens with zero attached hydrogens (tertiary/aromatic N) is 2. The first-order chi connectivity index (χ1) is 14.4. The van der Waals surface area contributed by atoms with Crippen LogP contribution in [0.4, 0.5) is 8.78 Å². The molecule has 0 bridgehead atoms. The van der Waals surface area contributed by atoms with Gasteiger partial charge in [0.1, 0.15) is 11.5 Å². The number of hydrogen-bond donors (Lipinski definition) is 1. The van der Waals surface area contributed by atoms with Gasteiger partial charge in [-0.1, -0.05) is 30.3 Å². The summed E-state index contributed by atoms with van der Waals surface area (Å²) in [5, 5.41) is 0. The highest BCUT2D eigenvalue weighted by Crippen LogP contribution is 2.40. The maximum Gasteiger partial charge on any atom is 0.387 e. The van der Waals surface area contributed by atoms with E-state index in [4.69, 9.17) is 10.5 Å². The first-order valence-electron chi connectivity index (χ1n) is 9.41. The summed E-state index contributed by atoms with van der Waals surface area (Å²) < 4.78 is 35.2. The van der Waals surface area contributed by atoms with Gasteiger partial charge in [-0.2, -0.15) is 8.78 Å². The van der Waals surface area contributed by atoms with Crippen molar-refractivity contribution in [2.24, 2.45) is 10.7 Å². The molecule has 1 amide bonds. The number of alkyl halides is 2. The molecule has 2 N–H and O–H groups in total. The smallest absolute Gasteiger partial charge is 0.387 e. The van der Waals surface area contributed by atoms with Gasteiger partial charge in [-0.05, 0) is 48.2 Å². The van der Waals surface area contributed by atoms with Crippen LogP contribution < -0.4 is 15.2 Å². The van der Waals surface area contributed by atoms with Gasteiger partial charge in [0.15, 0.2) is 11.5 Å². The maximum absolute atomic E-state index is 13.2. The third-order valence-electron chi connectivity index (χ3n) is 4.81. The van der Waals surface area contributed by atoms with Crippen LogP contribution in [0.2, 0.25) is 0 Å². The van der Waals surface area contributed by atoms with E-state index in [1.54, 1.807) is 24.3 Å². The van der Waals surface area contributed by atoms with Crippen LogP contribution in [-0.4, -0.2) is 37.0 Å². The van der Waals surface area contributed by atoms with Crippen LogP contribution in [0.15, 0.2) is 66.2 Å². The molecule has 158 valence electrons. The molecular formula is C22H23F2N3O3. The number of carbonyl (C=O) groups excluding carboxylic acids is 1. The van der Waals surface area contributed by atoms with E-state index in [2.05, 4.69) is 16.3 Å². The Morgan fingerprint density at radius 2 is 1.93 bits per heavy atom. The molecule has 1 aliphatic rings. The number of benzene rings is 2. The van der Waals surface area contributed by atoms with E-state index in [1.807, 2.05) is 6.08 Å². The third kappa shape index (κ3) is 4.12. The zero-order valence-corrected chi connectivity index (χ0v) is 16.6. The van der Waals surface area contributed by atoms with Crippen molar-refractivity contribution in [1.29, 1.82) is 0 Å². The minimum atomic E-state index is -2.94. The standard InChI is InChI=1S/C22H23F2N3O3/c1-3-4-5-13-29-18-8-6-7-16(14-18)22(19(28)27(2)21(25)26-22)15-9-11-17(12-10-15)30-20(23)24/h3,6-12,14,20H,1,4-5,13H2,2H3,(H2,25,26). The molecule has 0 aromatic heterocycles. The van der Waals surface area contributed by atoms with E-state index >= 15 is 0 Å². The molecule has 2 aromatic rings. The molecule has 30 heavy (non-hydrogen) atoms. The van der Waals surface area contributed by atoms with Gasteiger partial charge in [-0.15, -0.1) is 6.58 Å². The Morgan fingerprint density at radius 1 is 1.20 bits per heavy atom. The number of aliphatic imine (C=N–C) groups is 1. The Kier molecular flexibility index (Phi) is 6.34. The van der Waals surface area contributed by atoms with E-state index in [0.717, 1.165) is 12.8 Å². The molecule has 6 nitrogen and oxygen atoms in total. The fourth-order valence-electron chi connectivity index (χ4n) is 3.29. The molecule has 1 heterocycles. The van der Waals surface area contributed by atoms with Crippen LogP contribution >= 0.6 is 0 Å².